The smallest absolute Gasteiger partial charge is 0.0439 e. The second-order valence-electron chi connectivity index (χ2n) is 4.62. The quantitative estimate of drug-likeness (QED) is 0.385. The van der Waals surface area contributed by atoms with Crippen molar-refractivity contribution in [3.05, 3.63) is 84.4 Å². The Balaban J connectivity index is 3.00. The van der Waals surface area contributed by atoms with Gasteiger partial charge in [-0.1, -0.05) is 24.8 Å². The molecule has 0 saturated carbocycles. The molecule has 21 heavy (non-hydrogen) atoms. The molecule has 0 aliphatic rings. The molecule has 0 bridgehead atoms. The standard InChI is InChI=1S/C19H22N2/c1-6-8-19(20-5)14-16(4)15(3)13-17(7-2)18-9-11-21-12-10-18/h6-7,9-14H,1,4-5,8H2,2-3H3/b15-13+,17-7+,19-14-. The van der Waals surface area contributed by atoms with Crippen molar-refractivity contribution in [1.29, 1.82) is 0 Å². The van der Waals surface area contributed by atoms with Crippen LogP contribution in [0.15, 0.2) is 83.8 Å². The fraction of sp³-hybridized carbons (Fsp3) is 0.158. The summed E-state index contributed by atoms with van der Waals surface area (Å²) in [5, 5.41) is 0. The number of nitrogens with zero attached hydrogens (tertiary/aromatic N) is 2. The molecule has 0 fully saturated rings. The van der Waals surface area contributed by atoms with Gasteiger partial charge in [0.1, 0.15) is 0 Å². The summed E-state index contributed by atoms with van der Waals surface area (Å²) in [6, 6.07) is 3.98. The number of aromatic nitrogens is 1. The number of hydrogen-bond acceptors (Lipinski definition) is 2. The van der Waals surface area contributed by atoms with E-state index in [0.717, 1.165) is 28.0 Å². The highest BCUT2D eigenvalue weighted by molar-refractivity contribution is 5.75. The molecule has 0 radical (unpaired) electrons. The Morgan fingerprint density at radius 2 is 1.95 bits per heavy atom. The largest absolute Gasteiger partial charge is 0.269 e. The maximum atomic E-state index is 4.10. The van der Waals surface area contributed by atoms with Crippen molar-refractivity contribution in [3.63, 3.8) is 0 Å². The lowest BCUT2D eigenvalue weighted by atomic mass is 10.0. The van der Waals surface area contributed by atoms with Crippen molar-refractivity contribution in [2.75, 3.05) is 0 Å². The minimum absolute atomic E-state index is 0.691. The number of hydrogen-bond donors (Lipinski definition) is 0. The third kappa shape index (κ3) is 5.19. The fourth-order valence-corrected chi connectivity index (χ4v) is 1.84. The van der Waals surface area contributed by atoms with Gasteiger partial charge in [-0.2, -0.15) is 0 Å². The molecule has 0 N–H and O–H groups in total. The van der Waals surface area contributed by atoms with Crippen molar-refractivity contribution in [2.24, 2.45) is 4.99 Å². The van der Waals surface area contributed by atoms with E-state index in [0.29, 0.717) is 6.42 Å². The van der Waals surface area contributed by atoms with Gasteiger partial charge >= 0.3 is 0 Å². The average molecular weight is 278 g/mol. The molecule has 0 aliphatic heterocycles. The van der Waals surface area contributed by atoms with Gasteiger partial charge in [-0.15, -0.1) is 6.58 Å². The predicted octanol–water partition coefficient (Wildman–Crippen LogP) is 5.15. The first kappa shape index (κ1) is 16.6. The Kier molecular flexibility index (Phi) is 6.82. The second kappa shape index (κ2) is 8.64. The highest BCUT2D eigenvalue weighted by atomic mass is 14.7. The van der Waals surface area contributed by atoms with Gasteiger partial charge < -0.3 is 0 Å². The summed E-state index contributed by atoms with van der Waals surface area (Å²) in [5.41, 5.74) is 5.16. The molecule has 1 rings (SSSR count). The van der Waals surface area contributed by atoms with E-state index in [1.165, 1.54) is 0 Å². The minimum Gasteiger partial charge on any atom is -0.269 e. The molecule has 0 amide bonds. The zero-order chi connectivity index (χ0) is 15.7. The summed E-state index contributed by atoms with van der Waals surface area (Å²) < 4.78 is 0. The van der Waals surface area contributed by atoms with Gasteiger partial charge in [-0.25, -0.2) is 0 Å². The molecule has 2 nitrogen and oxygen atoms in total. The van der Waals surface area contributed by atoms with Crippen LogP contribution in [-0.2, 0) is 0 Å². The number of aliphatic imine (C=N–C) groups is 1. The van der Waals surface area contributed by atoms with Crippen LogP contribution >= 0.6 is 0 Å². The molecular formula is C19H22N2. The van der Waals surface area contributed by atoms with Gasteiger partial charge in [0.2, 0.25) is 0 Å². The van der Waals surface area contributed by atoms with Crippen LogP contribution in [0.2, 0.25) is 0 Å². The monoisotopic (exact) mass is 278 g/mol. The van der Waals surface area contributed by atoms with E-state index >= 15 is 0 Å². The van der Waals surface area contributed by atoms with Gasteiger partial charge in [0, 0.05) is 24.5 Å². The van der Waals surface area contributed by atoms with Crippen molar-refractivity contribution >= 4 is 12.3 Å². The Morgan fingerprint density at radius 3 is 2.48 bits per heavy atom. The molecule has 0 atom stereocenters. The number of allylic oxidation sites excluding steroid dienone is 7. The Hall–Kier alpha value is -2.48. The maximum Gasteiger partial charge on any atom is 0.0439 e. The lowest BCUT2D eigenvalue weighted by Crippen LogP contribution is -1.87. The normalized spacial score (nSPS) is 13.0. The van der Waals surface area contributed by atoms with Gasteiger partial charge in [0.25, 0.3) is 0 Å². The van der Waals surface area contributed by atoms with Crippen LogP contribution < -0.4 is 0 Å². The lowest BCUT2D eigenvalue weighted by Gasteiger charge is -2.06. The molecule has 0 aromatic carbocycles. The van der Waals surface area contributed by atoms with E-state index < -0.39 is 0 Å². The fourth-order valence-electron chi connectivity index (χ4n) is 1.84. The molecule has 2 heteroatoms. The minimum atomic E-state index is 0.691. The first-order valence-electron chi connectivity index (χ1n) is 6.84. The molecular weight excluding hydrogens is 256 g/mol. The van der Waals surface area contributed by atoms with E-state index in [1.807, 2.05) is 32.1 Å². The summed E-state index contributed by atoms with van der Waals surface area (Å²) in [7, 11) is 0. The van der Waals surface area contributed by atoms with Gasteiger partial charge in [0.05, 0.1) is 0 Å². The summed E-state index contributed by atoms with van der Waals surface area (Å²) in [5.74, 6) is 0. The third-order valence-corrected chi connectivity index (χ3v) is 3.10. The van der Waals surface area contributed by atoms with Crippen molar-refractivity contribution in [2.45, 2.75) is 20.3 Å². The Morgan fingerprint density at radius 1 is 1.29 bits per heavy atom. The highest BCUT2D eigenvalue weighted by Crippen LogP contribution is 2.21. The van der Waals surface area contributed by atoms with Crippen LogP contribution in [0.3, 0.4) is 0 Å². The van der Waals surface area contributed by atoms with E-state index in [9.17, 15) is 0 Å². The Labute approximate surface area is 127 Å². The molecule has 0 spiro atoms. The topological polar surface area (TPSA) is 25.2 Å². The predicted molar refractivity (Wildman–Crippen MR) is 93.2 cm³/mol. The maximum absolute atomic E-state index is 4.10. The van der Waals surface area contributed by atoms with Crippen molar-refractivity contribution < 1.29 is 0 Å². The summed E-state index contributed by atoms with van der Waals surface area (Å²) >= 11 is 0. The summed E-state index contributed by atoms with van der Waals surface area (Å²) in [6.45, 7) is 15.4. The van der Waals surface area contributed by atoms with Gasteiger partial charge in [-0.05, 0) is 61.1 Å². The molecule has 1 aromatic heterocycles. The Bertz CT molecular complexity index is 602. The van der Waals surface area contributed by atoms with E-state index in [-0.39, 0.29) is 0 Å². The molecule has 1 heterocycles. The second-order valence-corrected chi connectivity index (χ2v) is 4.62. The SMILES string of the molecule is C=CC/C(=C/C(=C)/C(C)=C/C(=C\C)c1ccncc1)N=C. The van der Waals surface area contributed by atoms with E-state index in [4.69, 9.17) is 0 Å². The third-order valence-electron chi connectivity index (χ3n) is 3.10. The van der Waals surface area contributed by atoms with Crippen LogP contribution in [0.25, 0.3) is 5.57 Å². The first-order chi connectivity index (χ1) is 10.1. The van der Waals surface area contributed by atoms with Crippen LogP contribution in [0.5, 0.6) is 0 Å². The number of pyridine rings is 1. The average Bonchev–Trinajstić information content (AvgIpc) is 2.52. The molecule has 0 saturated heterocycles. The molecule has 0 unspecified atom stereocenters. The lowest BCUT2D eigenvalue weighted by molar-refractivity contribution is 1.17. The molecule has 108 valence electrons. The molecule has 1 aromatic rings. The van der Waals surface area contributed by atoms with Gasteiger partial charge in [0.15, 0.2) is 0 Å². The van der Waals surface area contributed by atoms with Crippen LogP contribution in [0, 0.1) is 0 Å². The van der Waals surface area contributed by atoms with Gasteiger partial charge in [-0.3, -0.25) is 9.98 Å². The van der Waals surface area contributed by atoms with Crippen molar-refractivity contribution in [1.82, 2.24) is 4.98 Å². The van der Waals surface area contributed by atoms with Crippen LogP contribution in [0.1, 0.15) is 25.8 Å². The van der Waals surface area contributed by atoms with E-state index in [2.05, 4.69) is 42.0 Å². The first-order valence-corrected chi connectivity index (χ1v) is 6.84. The van der Waals surface area contributed by atoms with Crippen LogP contribution in [-0.4, -0.2) is 11.7 Å². The highest BCUT2D eigenvalue weighted by Gasteiger charge is 2.01. The molecule has 0 aliphatic carbocycles. The zero-order valence-corrected chi connectivity index (χ0v) is 12.8. The number of rotatable bonds is 7. The van der Waals surface area contributed by atoms with Crippen molar-refractivity contribution in [3.8, 4) is 0 Å². The summed E-state index contributed by atoms with van der Waals surface area (Å²) in [4.78, 5) is 8.03. The van der Waals surface area contributed by atoms with E-state index in [1.54, 1.807) is 18.5 Å². The van der Waals surface area contributed by atoms with Crippen LogP contribution in [0.4, 0.5) is 0 Å². The summed E-state index contributed by atoms with van der Waals surface area (Å²) in [6.07, 6.45) is 12.2. The zero-order valence-electron chi connectivity index (χ0n) is 12.8.